The smallest absolute Gasteiger partial charge is 0.261 e. The number of hydrogen-bond donors (Lipinski definition) is 1. The lowest BCUT2D eigenvalue weighted by Crippen LogP contribution is -2.33. The van der Waals surface area contributed by atoms with E-state index in [1.165, 1.54) is 0 Å². The van der Waals surface area contributed by atoms with Crippen molar-refractivity contribution in [3.8, 4) is 11.5 Å². The summed E-state index contributed by atoms with van der Waals surface area (Å²) in [6.45, 7) is 3.86. The first-order valence-corrected chi connectivity index (χ1v) is 6.02. The van der Waals surface area contributed by atoms with Crippen LogP contribution in [-0.2, 0) is 5.54 Å². The number of hydrogen-bond acceptors (Lipinski definition) is 6. The number of nitrogens with zero attached hydrogens (tertiary/aromatic N) is 5. The Labute approximate surface area is 109 Å². The van der Waals surface area contributed by atoms with Crippen molar-refractivity contribution >= 4 is 5.52 Å². The van der Waals surface area contributed by atoms with E-state index in [4.69, 9.17) is 10.3 Å². The Morgan fingerprint density at radius 3 is 3.05 bits per heavy atom. The Bertz CT molecular complexity index is 714. The molecule has 0 radical (unpaired) electrons. The summed E-state index contributed by atoms with van der Waals surface area (Å²) in [5.41, 5.74) is 7.07. The van der Waals surface area contributed by atoms with Crippen LogP contribution < -0.4 is 5.73 Å². The summed E-state index contributed by atoms with van der Waals surface area (Å²) < 4.78 is 6.99. The van der Waals surface area contributed by atoms with E-state index < -0.39 is 5.54 Å². The van der Waals surface area contributed by atoms with Gasteiger partial charge in [0.15, 0.2) is 5.82 Å². The minimum absolute atomic E-state index is 0.406. The van der Waals surface area contributed by atoms with Crippen molar-refractivity contribution in [1.82, 2.24) is 24.7 Å². The predicted molar refractivity (Wildman–Crippen MR) is 68.1 cm³/mol. The molecule has 1 unspecified atom stereocenters. The zero-order chi connectivity index (χ0) is 13.5. The van der Waals surface area contributed by atoms with Crippen LogP contribution in [0.15, 0.2) is 29.3 Å². The van der Waals surface area contributed by atoms with Crippen molar-refractivity contribution in [2.75, 3.05) is 0 Å². The molecule has 0 amide bonds. The third-order valence-corrected chi connectivity index (χ3v) is 3.23. The van der Waals surface area contributed by atoms with E-state index in [0.717, 1.165) is 17.5 Å². The van der Waals surface area contributed by atoms with E-state index >= 15 is 0 Å². The molecule has 3 heterocycles. The Kier molecular flexibility index (Phi) is 2.56. The van der Waals surface area contributed by atoms with Gasteiger partial charge in [-0.05, 0) is 13.3 Å². The topological polar surface area (TPSA) is 95.1 Å². The fraction of sp³-hybridized carbons (Fsp3) is 0.333. The molecule has 7 nitrogen and oxygen atoms in total. The predicted octanol–water partition coefficient (Wildman–Crippen LogP) is 1.36. The molecule has 0 fully saturated rings. The highest BCUT2D eigenvalue weighted by atomic mass is 16.5. The normalized spacial score (nSPS) is 14.7. The molecule has 0 aliphatic carbocycles. The first-order valence-electron chi connectivity index (χ1n) is 6.02. The Morgan fingerprint density at radius 1 is 1.42 bits per heavy atom. The van der Waals surface area contributed by atoms with Gasteiger partial charge in [0.1, 0.15) is 0 Å². The zero-order valence-corrected chi connectivity index (χ0v) is 10.7. The van der Waals surface area contributed by atoms with Gasteiger partial charge >= 0.3 is 0 Å². The molecule has 98 valence electrons. The highest BCUT2D eigenvalue weighted by Gasteiger charge is 2.26. The third-order valence-electron chi connectivity index (χ3n) is 3.23. The molecule has 0 aliphatic rings. The Morgan fingerprint density at radius 2 is 2.26 bits per heavy atom. The van der Waals surface area contributed by atoms with Crippen LogP contribution in [0, 0.1) is 0 Å². The van der Waals surface area contributed by atoms with Crippen LogP contribution in [0.2, 0.25) is 0 Å². The molecule has 1 atom stereocenters. The third kappa shape index (κ3) is 1.88. The summed E-state index contributed by atoms with van der Waals surface area (Å²) in [5.74, 6) is 0.899. The molecule has 0 aromatic carbocycles. The highest BCUT2D eigenvalue weighted by molar-refractivity contribution is 5.73. The van der Waals surface area contributed by atoms with E-state index in [2.05, 4.69) is 20.2 Å². The van der Waals surface area contributed by atoms with E-state index in [0.29, 0.717) is 11.7 Å². The molecule has 0 spiro atoms. The largest absolute Gasteiger partial charge is 0.334 e. The number of nitrogens with two attached hydrogens (primary N) is 1. The zero-order valence-electron chi connectivity index (χ0n) is 10.7. The van der Waals surface area contributed by atoms with Gasteiger partial charge in [0.2, 0.25) is 0 Å². The molecule has 3 rings (SSSR count). The van der Waals surface area contributed by atoms with Crippen LogP contribution >= 0.6 is 0 Å². The molecule has 0 aliphatic heterocycles. The lowest BCUT2D eigenvalue weighted by molar-refractivity contribution is 0.379. The van der Waals surface area contributed by atoms with Gasteiger partial charge in [-0.2, -0.15) is 10.1 Å². The second-order valence-electron chi connectivity index (χ2n) is 4.66. The quantitative estimate of drug-likeness (QED) is 0.762. The second-order valence-corrected chi connectivity index (χ2v) is 4.66. The van der Waals surface area contributed by atoms with Gasteiger partial charge < -0.3 is 10.3 Å². The molecule has 0 saturated heterocycles. The molecule has 3 aromatic heterocycles. The average molecular weight is 258 g/mol. The summed E-state index contributed by atoms with van der Waals surface area (Å²) in [6.07, 6.45) is 7.52. The molecule has 2 N–H and O–H groups in total. The molecular weight excluding hydrogens is 244 g/mol. The maximum atomic E-state index is 6.10. The van der Waals surface area contributed by atoms with Crippen LogP contribution in [-0.4, -0.2) is 24.7 Å². The van der Waals surface area contributed by atoms with Gasteiger partial charge in [-0.1, -0.05) is 12.1 Å². The average Bonchev–Trinajstić information content (AvgIpc) is 3.05. The molecule has 19 heavy (non-hydrogen) atoms. The van der Waals surface area contributed by atoms with Crippen molar-refractivity contribution in [3.63, 3.8) is 0 Å². The van der Waals surface area contributed by atoms with Gasteiger partial charge in [-0.3, -0.25) is 4.98 Å². The summed E-state index contributed by atoms with van der Waals surface area (Å²) in [4.78, 5) is 8.43. The van der Waals surface area contributed by atoms with Gasteiger partial charge in [0, 0.05) is 12.4 Å². The lowest BCUT2D eigenvalue weighted by atomic mass is 10.0. The van der Waals surface area contributed by atoms with Crippen LogP contribution in [0.3, 0.4) is 0 Å². The number of rotatable bonds is 3. The standard InChI is InChI=1S/C12H14N6O/c1-3-12(2,13)11-16-10(19-17-11)8-6-15-18-5-4-14-7-9(8)18/h4-7H,3,13H2,1-2H3. The van der Waals surface area contributed by atoms with Crippen LogP contribution in [0.1, 0.15) is 26.1 Å². The van der Waals surface area contributed by atoms with Gasteiger partial charge in [0.05, 0.1) is 29.0 Å². The van der Waals surface area contributed by atoms with Crippen LogP contribution in [0.4, 0.5) is 0 Å². The summed E-state index contributed by atoms with van der Waals surface area (Å²) in [7, 11) is 0. The fourth-order valence-corrected chi connectivity index (χ4v) is 1.72. The van der Waals surface area contributed by atoms with Gasteiger partial charge in [0.25, 0.3) is 5.89 Å². The molecule has 3 aromatic rings. The minimum atomic E-state index is -0.594. The van der Waals surface area contributed by atoms with E-state index in [1.807, 2.05) is 13.8 Å². The summed E-state index contributed by atoms with van der Waals surface area (Å²) in [5, 5.41) is 8.16. The Balaban J connectivity index is 2.08. The maximum absolute atomic E-state index is 6.10. The highest BCUT2D eigenvalue weighted by Crippen LogP contribution is 2.25. The van der Waals surface area contributed by atoms with E-state index in [9.17, 15) is 0 Å². The van der Waals surface area contributed by atoms with Crippen LogP contribution in [0.5, 0.6) is 0 Å². The van der Waals surface area contributed by atoms with Gasteiger partial charge in [-0.15, -0.1) is 0 Å². The number of aromatic nitrogens is 5. The van der Waals surface area contributed by atoms with Crippen molar-refractivity contribution in [2.45, 2.75) is 25.8 Å². The van der Waals surface area contributed by atoms with Crippen molar-refractivity contribution in [3.05, 3.63) is 30.6 Å². The van der Waals surface area contributed by atoms with Crippen molar-refractivity contribution in [2.24, 2.45) is 5.73 Å². The molecule has 7 heteroatoms. The summed E-state index contributed by atoms with van der Waals surface area (Å²) in [6, 6.07) is 0. The number of fused-ring (bicyclic) bond motifs is 1. The molecule has 0 saturated carbocycles. The molecular formula is C12H14N6O. The fourth-order valence-electron chi connectivity index (χ4n) is 1.72. The first-order chi connectivity index (χ1) is 9.12. The van der Waals surface area contributed by atoms with Crippen molar-refractivity contribution in [1.29, 1.82) is 0 Å². The Hall–Kier alpha value is -2.28. The lowest BCUT2D eigenvalue weighted by Gasteiger charge is -2.16. The maximum Gasteiger partial charge on any atom is 0.261 e. The van der Waals surface area contributed by atoms with E-state index in [-0.39, 0.29) is 0 Å². The van der Waals surface area contributed by atoms with Crippen molar-refractivity contribution < 1.29 is 4.52 Å². The van der Waals surface area contributed by atoms with Crippen LogP contribution in [0.25, 0.3) is 17.0 Å². The van der Waals surface area contributed by atoms with Gasteiger partial charge in [-0.25, -0.2) is 4.52 Å². The SMILES string of the molecule is CCC(C)(N)c1noc(-c2cnn3ccncc23)n1. The molecule has 0 bridgehead atoms. The monoisotopic (exact) mass is 258 g/mol. The second kappa shape index (κ2) is 4.13. The van der Waals surface area contributed by atoms with E-state index in [1.54, 1.807) is 29.3 Å². The minimum Gasteiger partial charge on any atom is -0.334 e. The summed E-state index contributed by atoms with van der Waals surface area (Å²) >= 11 is 0. The first kappa shape index (κ1) is 11.8.